The van der Waals surface area contributed by atoms with Crippen LogP contribution in [-0.2, 0) is 25.5 Å². The van der Waals surface area contributed by atoms with Crippen molar-refractivity contribution in [3.63, 3.8) is 0 Å². The summed E-state index contributed by atoms with van der Waals surface area (Å²) in [6, 6.07) is 7.92. The number of carbonyl (C=O) groups excluding carboxylic acids is 3. The van der Waals surface area contributed by atoms with Gasteiger partial charge in [-0.3, -0.25) is 14.4 Å². The molecule has 1 aliphatic heterocycles. The SMILES string of the molecule is CCc1ccc(N2CC(C(=O)NCCCCCC(=O)OC)CC2=O)cc1. The summed E-state index contributed by atoms with van der Waals surface area (Å²) >= 11 is 0. The van der Waals surface area contributed by atoms with Gasteiger partial charge in [-0.15, -0.1) is 0 Å². The van der Waals surface area contributed by atoms with Gasteiger partial charge in [-0.1, -0.05) is 25.5 Å². The topological polar surface area (TPSA) is 75.7 Å². The Morgan fingerprint density at radius 1 is 1.19 bits per heavy atom. The lowest BCUT2D eigenvalue weighted by atomic mass is 10.1. The van der Waals surface area contributed by atoms with E-state index in [-0.39, 0.29) is 30.1 Å². The van der Waals surface area contributed by atoms with Gasteiger partial charge in [0.15, 0.2) is 0 Å². The number of nitrogens with one attached hydrogen (secondary N) is 1. The first kappa shape index (κ1) is 19.9. The molecular weight excluding hydrogens is 332 g/mol. The fourth-order valence-corrected chi connectivity index (χ4v) is 3.07. The molecule has 0 bridgehead atoms. The number of ether oxygens (including phenoxy) is 1. The average Bonchev–Trinajstić information content (AvgIpc) is 3.06. The van der Waals surface area contributed by atoms with E-state index >= 15 is 0 Å². The van der Waals surface area contributed by atoms with E-state index in [1.165, 1.54) is 12.7 Å². The van der Waals surface area contributed by atoms with Crippen LogP contribution in [0.5, 0.6) is 0 Å². The van der Waals surface area contributed by atoms with Crippen LogP contribution >= 0.6 is 0 Å². The van der Waals surface area contributed by atoms with Gasteiger partial charge < -0.3 is 15.0 Å². The van der Waals surface area contributed by atoms with Gasteiger partial charge in [-0.05, 0) is 37.0 Å². The minimum Gasteiger partial charge on any atom is -0.469 e. The Morgan fingerprint density at radius 2 is 1.92 bits per heavy atom. The molecule has 6 heteroatoms. The molecule has 0 radical (unpaired) electrons. The minimum atomic E-state index is -0.302. The van der Waals surface area contributed by atoms with E-state index in [1.807, 2.05) is 24.3 Å². The highest BCUT2D eigenvalue weighted by atomic mass is 16.5. The van der Waals surface area contributed by atoms with Crippen molar-refractivity contribution in [2.75, 3.05) is 25.1 Å². The van der Waals surface area contributed by atoms with E-state index in [9.17, 15) is 14.4 Å². The lowest BCUT2D eigenvalue weighted by Gasteiger charge is -2.17. The Morgan fingerprint density at radius 3 is 2.58 bits per heavy atom. The van der Waals surface area contributed by atoms with Crippen LogP contribution in [0.3, 0.4) is 0 Å². The number of esters is 1. The van der Waals surface area contributed by atoms with Gasteiger partial charge in [-0.2, -0.15) is 0 Å². The number of rotatable bonds is 9. The fourth-order valence-electron chi connectivity index (χ4n) is 3.07. The molecule has 1 N–H and O–H groups in total. The van der Waals surface area contributed by atoms with Gasteiger partial charge in [-0.25, -0.2) is 0 Å². The van der Waals surface area contributed by atoms with E-state index in [4.69, 9.17) is 0 Å². The number of amides is 2. The van der Waals surface area contributed by atoms with Crippen LogP contribution in [0.15, 0.2) is 24.3 Å². The number of nitrogens with zero attached hydrogens (tertiary/aromatic N) is 1. The van der Waals surface area contributed by atoms with Crippen LogP contribution in [0.2, 0.25) is 0 Å². The number of carbonyl (C=O) groups is 3. The molecule has 1 heterocycles. The quantitative estimate of drug-likeness (QED) is 0.542. The molecule has 1 fully saturated rings. The summed E-state index contributed by atoms with van der Waals surface area (Å²) in [5.41, 5.74) is 2.08. The Hall–Kier alpha value is -2.37. The Kier molecular flexibility index (Phi) is 7.63. The molecule has 2 amide bonds. The second kappa shape index (κ2) is 9.94. The first-order chi connectivity index (χ1) is 12.5. The molecule has 0 saturated carbocycles. The van der Waals surface area contributed by atoms with Crippen LogP contribution in [0, 0.1) is 5.92 Å². The monoisotopic (exact) mass is 360 g/mol. The summed E-state index contributed by atoms with van der Waals surface area (Å²) in [7, 11) is 1.38. The molecule has 1 aromatic carbocycles. The van der Waals surface area contributed by atoms with Crippen molar-refractivity contribution in [1.82, 2.24) is 5.32 Å². The number of methoxy groups -OCH3 is 1. The summed E-state index contributed by atoms with van der Waals surface area (Å²) < 4.78 is 4.59. The largest absolute Gasteiger partial charge is 0.469 e. The smallest absolute Gasteiger partial charge is 0.305 e. The van der Waals surface area contributed by atoms with Gasteiger partial charge in [0.05, 0.1) is 13.0 Å². The number of hydrogen-bond donors (Lipinski definition) is 1. The third kappa shape index (κ3) is 5.58. The predicted molar refractivity (Wildman–Crippen MR) is 99.8 cm³/mol. The van der Waals surface area contributed by atoms with Crippen molar-refractivity contribution in [1.29, 1.82) is 0 Å². The first-order valence-corrected chi connectivity index (χ1v) is 9.29. The molecule has 26 heavy (non-hydrogen) atoms. The van der Waals surface area contributed by atoms with Crippen molar-refractivity contribution in [2.45, 2.75) is 45.4 Å². The van der Waals surface area contributed by atoms with Crippen molar-refractivity contribution in [3.8, 4) is 0 Å². The molecule has 1 aliphatic rings. The molecule has 1 saturated heterocycles. The molecule has 2 rings (SSSR count). The molecule has 0 spiro atoms. The van der Waals surface area contributed by atoms with Crippen LogP contribution < -0.4 is 10.2 Å². The van der Waals surface area contributed by atoms with Gasteiger partial charge in [0, 0.05) is 31.6 Å². The van der Waals surface area contributed by atoms with E-state index in [1.54, 1.807) is 4.90 Å². The fraction of sp³-hybridized carbons (Fsp3) is 0.550. The maximum absolute atomic E-state index is 12.3. The number of aryl methyl sites for hydroxylation is 1. The van der Waals surface area contributed by atoms with Crippen LogP contribution in [0.4, 0.5) is 5.69 Å². The summed E-state index contributed by atoms with van der Waals surface area (Å²) in [4.78, 5) is 37.3. The number of hydrogen-bond acceptors (Lipinski definition) is 4. The highest BCUT2D eigenvalue weighted by molar-refractivity contribution is 6.00. The lowest BCUT2D eigenvalue weighted by Crippen LogP contribution is -2.33. The zero-order valence-corrected chi connectivity index (χ0v) is 15.6. The Labute approximate surface area is 154 Å². The summed E-state index contributed by atoms with van der Waals surface area (Å²) in [5.74, 6) is -0.583. The molecule has 0 aromatic heterocycles. The maximum atomic E-state index is 12.3. The minimum absolute atomic E-state index is 0.00697. The summed E-state index contributed by atoms with van der Waals surface area (Å²) in [6.07, 6.45) is 4.04. The zero-order valence-electron chi connectivity index (χ0n) is 15.6. The van der Waals surface area contributed by atoms with Gasteiger partial charge in [0.25, 0.3) is 0 Å². The Balaban J connectivity index is 1.73. The van der Waals surface area contributed by atoms with Gasteiger partial charge in [0.2, 0.25) is 11.8 Å². The first-order valence-electron chi connectivity index (χ1n) is 9.29. The molecule has 1 atom stereocenters. The van der Waals surface area contributed by atoms with Gasteiger partial charge >= 0.3 is 5.97 Å². The van der Waals surface area contributed by atoms with Gasteiger partial charge in [0.1, 0.15) is 0 Å². The second-order valence-corrected chi connectivity index (χ2v) is 6.60. The second-order valence-electron chi connectivity index (χ2n) is 6.60. The standard InChI is InChI=1S/C20H28N2O4/c1-3-15-8-10-17(11-9-15)22-14-16(13-18(22)23)20(25)21-12-6-4-5-7-19(24)26-2/h8-11,16H,3-7,12-14H2,1-2H3,(H,21,25). The van der Waals surface area contributed by atoms with E-state index < -0.39 is 0 Å². The molecule has 6 nitrogen and oxygen atoms in total. The Bertz CT molecular complexity index is 627. The van der Waals surface area contributed by atoms with Crippen molar-refractivity contribution < 1.29 is 19.1 Å². The van der Waals surface area contributed by atoms with Crippen LogP contribution in [-0.4, -0.2) is 38.0 Å². The third-order valence-corrected chi connectivity index (χ3v) is 4.74. The van der Waals surface area contributed by atoms with Crippen molar-refractivity contribution in [3.05, 3.63) is 29.8 Å². The van der Waals surface area contributed by atoms with Crippen LogP contribution in [0.25, 0.3) is 0 Å². The highest BCUT2D eigenvalue weighted by Gasteiger charge is 2.34. The molecule has 1 aromatic rings. The highest BCUT2D eigenvalue weighted by Crippen LogP contribution is 2.25. The number of unbranched alkanes of at least 4 members (excludes halogenated alkanes) is 2. The third-order valence-electron chi connectivity index (χ3n) is 4.74. The van der Waals surface area contributed by atoms with Crippen molar-refractivity contribution in [2.24, 2.45) is 5.92 Å². The lowest BCUT2D eigenvalue weighted by molar-refractivity contribution is -0.140. The predicted octanol–water partition coefficient (Wildman–Crippen LogP) is 2.45. The maximum Gasteiger partial charge on any atom is 0.305 e. The number of benzene rings is 1. The normalized spacial score (nSPS) is 16.6. The average molecular weight is 360 g/mol. The summed E-state index contributed by atoms with van der Waals surface area (Å²) in [6.45, 7) is 3.08. The van der Waals surface area contributed by atoms with E-state index in [0.717, 1.165) is 31.4 Å². The zero-order chi connectivity index (χ0) is 18.9. The van der Waals surface area contributed by atoms with E-state index in [0.29, 0.717) is 19.5 Å². The molecule has 1 unspecified atom stereocenters. The molecule has 0 aliphatic carbocycles. The summed E-state index contributed by atoms with van der Waals surface area (Å²) in [5, 5.41) is 2.90. The molecular formula is C20H28N2O4. The molecule has 142 valence electrons. The van der Waals surface area contributed by atoms with Crippen molar-refractivity contribution >= 4 is 23.5 Å². The van der Waals surface area contributed by atoms with E-state index in [2.05, 4.69) is 17.0 Å². The van der Waals surface area contributed by atoms with Crippen LogP contribution in [0.1, 0.15) is 44.6 Å². The number of anilines is 1.